The van der Waals surface area contributed by atoms with Gasteiger partial charge in [-0.2, -0.15) is 5.10 Å². The lowest BCUT2D eigenvalue weighted by molar-refractivity contribution is -0.110. The molecule has 4 aromatic rings. The summed E-state index contributed by atoms with van der Waals surface area (Å²) >= 11 is 12.4. The lowest BCUT2D eigenvalue weighted by atomic mass is 10.0. The van der Waals surface area contributed by atoms with Crippen LogP contribution >= 0.6 is 23.2 Å². The Morgan fingerprint density at radius 1 is 0.900 bits per heavy atom. The molecular weight excluding hydrogens is 417 g/mol. The second-order valence-electron chi connectivity index (χ2n) is 6.93. The maximum Gasteiger partial charge on any atom is 0.256 e. The van der Waals surface area contributed by atoms with Gasteiger partial charge in [-0.05, 0) is 48.5 Å². The van der Waals surface area contributed by atoms with E-state index in [-0.39, 0.29) is 5.91 Å². The van der Waals surface area contributed by atoms with Gasteiger partial charge in [-0.15, -0.1) is 0 Å². The fourth-order valence-corrected chi connectivity index (χ4v) is 3.89. The van der Waals surface area contributed by atoms with E-state index >= 15 is 0 Å². The van der Waals surface area contributed by atoms with Crippen LogP contribution in [0.25, 0.3) is 28.6 Å². The largest absolute Gasteiger partial charge is 0.321 e. The first-order chi connectivity index (χ1) is 14.6. The Morgan fingerprint density at radius 3 is 2.50 bits per heavy atom. The van der Waals surface area contributed by atoms with E-state index in [9.17, 15) is 4.79 Å². The van der Waals surface area contributed by atoms with E-state index in [1.165, 1.54) is 0 Å². The molecular formula is C24H15Cl2N3O. The molecule has 0 unspecified atom stereocenters. The van der Waals surface area contributed by atoms with Crippen LogP contribution in [0.15, 0.2) is 79.0 Å². The van der Waals surface area contributed by atoms with E-state index in [0.717, 1.165) is 33.8 Å². The number of amides is 1. The number of fused-ring (bicyclic) bond motifs is 1. The number of nitrogens with zero attached hydrogens (tertiary/aromatic N) is 2. The summed E-state index contributed by atoms with van der Waals surface area (Å²) in [6.45, 7) is 0. The van der Waals surface area contributed by atoms with Crippen LogP contribution in [-0.2, 0) is 4.79 Å². The molecule has 0 saturated carbocycles. The molecule has 0 spiro atoms. The number of halogens is 2. The van der Waals surface area contributed by atoms with Gasteiger partial charge in [0, 0.05) is 44.2 Å². The maximum absolute atomic E-state index is 12.7. The van der Waals surface area contributed by atoms with Gasteiger partial charge in [0.15, 0.2) is 0 Å². The summed E-state index contributed by atoms with van der Waals surface area (Å²) in [6, 6.07) is 22.7. The van der Waals surface area contributed by atoms with Crippen molar-refractivity contribution in [1.82, 2.24) is 9.78 Å². The highest BCUT2D eigenvalue weighted by Gasteiger charge is 2.25. The minimum absolute atomic E-state index is 0.170. The Balaban J connectivity index is 1.70. The highest BCUT2D eigenvalue weighted by Crippen LogP contribution is 2.36. The smallest absolute Gasteiger partial charge is 0.256 e. The normalized spacial score (nSPS) is 14.1. The minimum atomic E-state index is -0.170. The van der Waals surface area contributed by atoms with Crippen molar-refractivity contribution in [2.24, 2.45) is 0 Å². The third kappa shape index (κ3) is 3.41. The molecule has 30 heavy (non-hydrogen) atoms. The second-order valence-corrected chi connectivity index (χ2v) is 7.80. The van der Waals surface area contributed by atoms with Crippen LogP contribution in [0.5, 0.6) is 0 Å². The van der Waals surface area contributed by atoms with Crippen molar-refractivity contribution >= 4 is 46.4 Å². The predicted octanol–water partition coefficient (Wildman–Crippen LogP) is 6.34. The van der Waals surface area contributed by atoms with Gasteiger partial charge in [0.25, 0.3) is 5.91 Å². The molecule has 1 amide bonds. The Kier molecular flexibility index (Phi) is 4.66. The number of benzene rings is 3. The first kappa shape index (κ1) is 18.7. The lowest BCUT2D eigenvalue weighted by Gasteiger charge is -2.02. The van der Waals surface area contributed by atoms with Gasteiger partial charge in [0.05, 0.1) is 5.69 Å². The van der Waals surface area contributed by atoms with Gasteiger partial charge in [-0.3, -0.25) is 4.79 Å². The molecule has 146 valence electrons. The molecule has 6 heteroatoms. The fraction of sp³-hybridized carbons (Fsp3) is 0. The van der Waals surface area contributed by atoms with Crippen molar-refractivity contribution in [3.63, 3.8) is 0 Å². The summed E-state index contributed by atoms with van der Waals surface area (Å²) in [4.78, 5) is 12.7. The van der Waals surface area contributed by atoms with Crippen molar-refractivity contribution in [2.45, 2.75) is 0 Å². The SMILES string of the molecule is O=C1Nc2ccc(Cl)cc2C1=Cc1cn(-c2ccccc2)nc1-c1cccc(Cl)c1. The third-order valence-electron chi connectivity index (χ3n) is 4.93. The van der Waals surface area contributed by atoms with Gasteiger partial charge >= 0.3 is 0 Å². The summed E-state index contributed by atoms with van der Waals surface area (Å²) in [5, 5.41) is 8.87. The van der Waals surface area contributed by atoms with Gasteiger partial charge in [0.2, 0.25) is 0 Å². The number of anilines is 1. The van der Waals surface area contributed by atoms with Crippen molar-refractivity contribution in [3.05, 3.63) is 100 Å². The number of hydrogen-bond donors (Lipinski definition) is 1. The van der Waals surface area contributed by atoms with Gasteiger partial charge < -0.3 is 5.32 Å². The average molecular weight is 432 g/mol. The quantitative estimate of drug-likeness (QED) is 0.384. The molecule has 1 N–H and O–H groups in total. The molecule has 0 aliphatic carbocycles. The van der Waals surface area contributed by atoms with Crippen LogP contribution in [0.4, 0.5) is 5.69 Å². The van der Waals surface area contributed by atoms with Gasteiger partial charge in [-0.1, -0.05) is 53.5 Å². The fourth-order valence-electron chi connectivity index (χ4n) is 3.53. The molecule has 0 saturated heterocycles. The Labute approximate surface area is 183 Å². The number of aromatic nitrogens is 2. The van der Waals surface area contributed by atoms with Crippen molar-refractivity contribution < 1.29 is 4.79 Å². The molecule has 1 aliphatic rings. The Bertz CT molecular complexity index is 1310. The van der Waals surface area contributed by atoms with E-state index in [1.54, 1.807) is 16.8 Å². The summed E-state index contributed by atoms with van der Waals surface area (Å²) in [6.07, 6.45) is 3.76. The molecule has 3 aromatic carbocycles. The number of para-hydroxylation sites is 1. The van der Waals surface area contributed by atoms with Crippen LogP contribution in [0, 0.1) is 0 Å². The van der Waals surface area contributed by atoms with Crippen LogP contribution in [0.1, 0.15) is 11.1 Å². The van der Waals surface area contributed by atoms with Crippen molar-refractivity contribution in [2.75, 3.05) is 5.32 Å². The van der Waals surface area contributed by atoms with E-state index in [1.807, 2.05) is 72.9 Å². The number of carbonyl (C=O) groups excluding carboxylic acids is 1. The van der Waals surface area contributed by atoms with E-state index in [2.05, 4.69) is 5.32 Å². The van der Waals surface area contributed by atoms with Crippen molar-refractivity contribution in [1.29, 1.82) is 0 Å². The number of nitrogens with one attached hydrogen (secondary N) is 1. The van der Waals surface area contributed by atoms with Crippen LogP contribution in [-0.4, -0.2) is 15.7 Å². The third-order valence-corrected chi connectivity index (χ3v) is 5.40. The Morgan fingerprint density at radius 2 is 1.70 bits per heavy atom. The van der Waals surface area contributed by atoms with Gasteiger partial charge in [0.1, 0.15) is 5.69 Å². The highest BCUT2D eigenvalue weighted by atomic mass is 35.5. The maximum atomic E-state index is 12.7. The summed E-state index contributed by atoms with van der Waals surface area (Å²) in [7, 11) is 0. The molecule has 1 aliphatic heterocycles. The first-order valence-electron chi connectivity index (χ1n) is 9.32. The zero-order valence-electron chi connectivity index (χ0n) is 15.6. The van der Waals surface area contributed by atoms with E-state index in [0.29, 0.717) is 15.6 Å². The number of carbonyl (C=O) groups is 1. The number of rotatable bonds is 3. The highest BCUT2D eigenvalue weighted by molar-refractivity contribution is 6.37. The Hall–Kier alpha value is -3.34. The van der Waals surface area contributed by atoms with Gasteiger partial charge in [-0.25, -0.2) is 4.68 Å². The molecule has 1 aromatic heterocycles. The molecule has 0 radical (unpaired) electrons. The zero-order chi connectivity index (χ0) is 20.7. The molecule has 0 bridgehead atoms. The summed E-state index contributed by atoms with van der Waals surface area (Å²) in [5.41, 5.74) is 5.39. The zero-order valence-corrected chi connectivity index (χ0v) is 17.2. The minimum Gasteiger partial charge on any atom is -0.321 e. The topological polar surface area (TPSA) is 46.9 Å². The monoisotopic (exact) mass is 431 g/mol. The van der Waals surface area contributed by atoms with E-state index in [4.69, 9.17) is 28.3 Å². The summed E-state index contributed by atoms with van der Waals surface area (Å²) in [5.74, 6) is -0.170. The second kappa shape index (κ2) is 7.48. The van der Waals surface area contributed by atoms with Crippen LogP contribution in [0.3, 0.4) is 0 Å². The molecule has 2 heterocycles. The van der Waals surface area contributed by atoms with Crippen LogP contribution in [0.2, 0.25) is 10.0 Å². The standard InChI is InChI=1S/C24H15Cl2N3O/c25-17-6-4-5-15(11-17)23-16(14-29(28-23)19-7-2-1-3-8-19)12-21-20-13-18(26)9-10-22(20)27-24(21)30/h1-14H,(H,27,30). The first-order valence-corrected chi connectivity index (χ1v) is 10.1. The van der Waals surface area contributed by atoms with E-state index < -0.39 is 0 Å². The number of hydrogen-bond acceptors (Lipinski definition) is 2. The lowest BCUT2D eigenvalue weighted by Crippen LogP contribution is -2.03. The molecule has 5 rings (SSSR count). The summed E-state index contributed by atoms with van der Waals surface area (Å²) < 4.78 is 1.80. The molecule has 0 atom stereocenters. The van der Waals surface area contributed by atoms with Crippen LogP contribution < -0.4 is 5.32 Å². The molecule has 4 nitrogen and oxygen atoms in total. The molecule has 0 fully saturated rings. The van der Waals surface area contributed by atoms with Crippen molar-refractivity contribution in [3.8, 4) is 16.9 Å². The predicted molar refractivity (Wildman–Crippen MR) is 122 cm³/mol. The average Bonchev–Trinajstić information content (AvgIpc) is 3.30.